The van der Waals surface area contributed by atoms with Gasteiger partial charge in [0.2, 0.25) is 0 Å². The van der Waals surface area contributed by atoms with Crippen LogP contribution in [-0.2, 0) is 0 Å². The standard InChI is InChI=1S/C12H8ClN3O4/c13-8-6-7(3-4-10(8)16(19)20)11(17)15-9-2-1-5-14-12(9)18/h1-6H,(H,14,18)(H,15,17). The van der Waals surface area contributed by atoms with E-state index < -0.39 is 16.4 Å². The van der Waals surface area contributed by atoms with E-state index in [4.69, 9.17) is 11.6 Å². The van der Waals surface area contributed by atoms with Gasteiger partial charge in [-0.15, -0.1) is 0 Å². The van der Waals surface area contributed by atoms with Crippen molar-refractivity contribution in [3.05, 3.63) is 67.6 Å². The van der Waals surface area contributed by atoms with Gasteiger partial charge in [-0.3, -0.25) is 19.7 Å². The van der Waals surface area contributed by atoms with E-state index in [0.29, 0.717) is 0 Å². The summed E-state index contributed by atoms with van der Waals surface area (Å²) in [6.45, 7) is 0. The Labute approximate surface area is 117 Å². The first kappa shape index (κ1) is 13.8. The van der Waals surface area contributed by atoms with Gasteiger partial charge in [0.15, 0.2) is 0 Å². The molecule has 2 N–H and O–H groups in total. The fourth-order valence-corrected chi connectivity index (χ4v) is 1.76. The molecule has 0 aliphatic rings. The molecule has 2 aromatic rings. The molecule has 20 heavy (non-hydrogen) atoms. The van der Waals surface area contributed by atoms with Gasteiger partial charge in [-0.1, -0.05) is 11.6 Å². The summed E-state index contributed by atoms with van der Waals surface area (Å²) in [7, 11) is 0. The average molecular weight is 294 g/mol. The molecule has 1 aromatic carbocycles. The van der Waals surface area contributed by atoms with Crippen LogP contribution in [0.4, 0.5) is 11.4 Å². The number of carbonyl (C=O) groups is 1. The maximum Gasteiger partial charge on any atom is 0.287 e. The number of nitro benzene ring substituents is 1. The molecule has 0 fully saturated rings. The van der Waals surface area contributed by atoms with Crippen LogP contribution in [-0.4, -0.2) is 15.8 Å². The molecule has 7 nitrogen and oxygen atoms in total. The van der Waals surface area contributed by atoms with Gasteiger partial charge in [0.1, 0.15) is 10.7 Å². The van der Waals surface area contributed by atoms with Gasteiger partial charge in [0, 0.05) is 17.8 Å². The molecule has 0 bridgehead atoms. The van der Waals surface area contributed by atoms with Crippen LogP contribution in [0.2, 0.25) is 5.02 Å². The van der Waals surface area contributed by atoms with Crippen LogP contribution in [0.3, 0.4) is 0 Å². The molecule has 0 aliphatic heterocycles. The van der Waals surface area contributed by atoms with Crippen molar-refractivity contribution < 1.29 is 9.72 Å². The SMILES string of the molecule is O=C(Nc1ccc[nH]c1=O)c1ccc([N+](=O)[O-])c(Cl)c1. The highest BCUT2D eigenvalue weighted by Crippen LogP contribution is 2.25. The lowest BCUT2D eigenvalue weighted by atomic mass is 10.2. The predicted molar refractivity (Wildman–Crippen MR) is 73.1 cm³/mol. The number of hydrogen-bond acceptors (Lipinski definition) is 4. The van der Waals surface area contributed by atoms with E-state index in [1.54, 1.807) is 6.07 Å². The second kappa shape index (κ2) is 5.54. The molecule has 8 heteroatoms. The molecule has 0 radical (unpaired) electrons. The summed E-state index contributed by atoms with van der Waals surface area (Å²) in [5, 5.41) is 12.9. The van der Waals surface area contributed by atoms with E-state index in [0.717, 1.165) is 6.07 Å². The van der Waals surface area contributed by atoms with Gasteiger partial charge >= 0.3 is 0 Å². The summed E-state index contributed by atoms with van der Waals surface area (Å²) in [5.41, 5.74) is -0.550. The number of rotatable bonds is 3. The number of aromatic nitrogens is 1. The number of amides is 1. The normalized spacial score (nSPS) is 10.1. The minimum Gasteiger partial charge on any atom is -0.327 e. The minimum absolute atomic E-state index is 0.0759. The zero-order valence-electron chi connectivity index (χ0n) is 9.92. The largest absolute Gasteiger partial charge is 0.327 e. The molecule has 0 unspecified atom stereocenters. The summed E-state index contributed by atoms with van der Waals surface area (Å²) in [5.74, 6) is -0.585. The van der Waals surface area contributed by atoms with Gasteiger partial charge in [-0.25, -0.2) is 0 Å². The monoisotopic (exact) mass is 293 g/mol. The third-order valence-electron chi connectivity index (χ3n) is 2.47. The molecule has 0 spiro atoms. The number of carbonyl (C=O) groups excluding carboxylic acids is 1. The Bertz CT molecular complexity index is 741. The highest BCUT2D eigenvalue weighted by Gasteiger charge is 2.15. The predicted octanol–water partition coefficient (Wildman–Crippen LogP) is 2.19. The Balaban J connectivity index is 2.27. The Morgan fingerprint density at radius 3 is 2.70 bits per heavy atom. The van der Waals surface area contributed by atoms with Gasteiger partial charge < -0.3 is 10.3 Å². The number of nitrogens with one attached hydrogen (secondary N) is 2. The Hall–Kier alpha value is -2.67. The van der Waals surface area contributed by atoms with Crippen LogP contribution < -0.4 is 10.9 Å². The number of nitro groups is 1. The molecule has 1 amide bonds. The van der Waals surface area contributed by atoms with Crippen LogP contribution >= 0.6 is 11.6 Å². The summed E-state index contributed by atoms with van der Waals surface area (Å²) < 4.78 is 0. The Kier molecular flexibility index (Phi) is 3.81. The third kappa shape index (κ3) is 2.83. The van der Waals surface area contributed by atoms with E-state index in [1.165, 1.54) is 24.4 Å². The maximum absolute atomic E-state index is 11.9. The molecule has 0 aliphatic carbocycles. The second-order valence-corrected chi connectivity index (χ2v) is 4.20. The topological polar surface area (TPSA) is 105 Å². The van der Waals surface area contributed by atoms with E-state index in [2.05, 4.69) is 10.3 Å². The molecule has 2 rings (SSSR count). The fourth-order valence-electron chi connectivity index (χ4n) is 1.51. The second-order valence-electron chi connectivity index (χ2n) is 3.79. The quantitative estimate of drug-likeness (QED) is 0.668. The zero-order valence-corrected chi connectivity index (χ0v) is 10.7. The van der Waals surface area contributed by atoms with Crippen molar-refractivity contribution >= 4 is 28.9 Å². The fraction of sp³-hybridized carbons (Fsp3) is 0. The van der Waals surface area contributed by atoms with Gasteiger partial charge in [-0.2, -0.15) is 0 Å². The summed E-state index contributed by atoms with van der Waals surface area (Å²) in [6.07, 6.45) is 1.43. The Morgan fingerprint density at radius 2 is 2.10 bits per heavy atom. The molecule has 0 saturated heterocycles. The lowest BCUT2D eigenvalue weighted by Crippen LogP contribution is -2.19. The zero-order chi connectivity index (χ0) is 14.7. The number of H-pyrrole nitrogens is 1. The first-order valence-corrected chi connectivity index (χ1v) is 5.80. The van der Waals surface area contributed by atoms with Crippen LogP contribution in [0, 0.1) is 10.1 Å². The van der Waals surface area contributed by atoms with Crippen molar-refractivity contribution in [1.82, 2.24) is 4.98 Å². The van der Waals surface area contributed by atoms with Gasteiger partial charge in [-0.05, 0) is 24.3 Å². The molecule has 0 saturated carbocycles. The van der Waals surface area contributed by atoms with Gasteiger partial charge in [0.05, 0.1) is 4.92 Å². The smallest absolute Gasteiger partial charge is 0.287 e. The molecule has 1 aromatic heterocycles. The van der Waals surface area contributed by atoms with Crippen LogP contribution in [0.25, 0.3) is 0 Å². The molecule has 0 atom stereocenters. The third-order valence-corrected chi connectivity index (χ3v) is 2.78. The average Bonchev–Trinajstić information content (AvgIpc) is 2.40. The van der Waals surface area contributed by atoms with Crippen molar-refractivity contribution in [2.45, 2.75) is 0 Å². The summed E-state index contributed by atoms with van der Waals surface area (Å²) >= 11 is 5.71. The van der Waals surface area contributed by atoms with Crippen molar-refractivity contribution in [2.24, 2.45) is 0 Å². The van der Waals surface area contributed by atoms with E-state index in [9.17, 15) is 19.7 Å². The van der Waals surface area contributed by atoms with Crippen LogP contribution in [0.1, 0.15) is 10.4 Å². The number of nitrogens with zero attached hydrogens (tertiary/aromatic N) is 1. The molecule has 1 heterocycles. The number of pyridine rings is 1. The van der Waals surface area contributed by atoms with E-state index in [-0.39, 0.29) is 22.0 Å². The number of halogens is 1. The summed E-state index contributed by atoms with van der Waals surface area (Å²) in [6, 6.07) is 6.55. The first-order chi connectivity index (χ1) is 9.49. The highest BCUT2D eigenvalue weighted by molar-refractivity contribution is 6.33. The van der Waals surface area contributed by atoms with Crippen molar-refractivity contribution in [2.75, 3.05) is 5.32 Å². The lowest BCUT2D eigenvalue weighted by molar-refractivity contribution is -0.384. The van der Waals surface area contributed by atoms with Crippen molar-refractivity contribution in [3.63, 3.8) is 0 Å². The van der Waals surface area contributed by atoms with Gasteiger partial charge in [0.25, 0.3) is 17.2 Å². The van der Waals surface area contributed by atoms with E-state index in [1.807, 2.05) is 0 Å². The number of hydrogen-bond donors (Lipinski definition) is 2. The van der Waals surface area contributed by atoms with Crippen molar-refractivity contribution in [1.29, 1.82) is 0 Å². The molecular weight excluding hydrogens is 286 g/mol. The van der Waals surface area contributed by atoms with Crippen LogP contribution in [0.5, 0.6) is 0 Å². The first-order valence-electron chi connectivity index (χ1n) is 5.42. The van der Waals surface area contributed by atoms with Crippen LogP contribution in [0.15, 0.2) is 41.3 Å². The highest BCUT2D eigenvalue weighted by atomic mass is 35.5. The van der Waals surface area contributed by atoms with Crippen molar-refractivity contribution in [3.8, 4) is 0 Å². The number of benzene rings is 1. The molecular formula is C12H8ClN3O4. The minimum atomic E-state index is -0.647. The molecule has 102 valence electrons. The Morgan fingerprint density at radius 1 is 1.35 bits per heavy atom. The summed E-state index contributed by atoms with van der Waals surface area (Å²) in [4.78, 5) is 35.7. The lowest BCUT2D eigenvalue weighted by Gasteiger charge is -2.04. The number of anilines is 1. The van der Waals surface area contributed by atoms with E-state index >= 15 is 0 Å². The maximum atomic E-state index is 11.9. The number of aromatic amines is 1.